The van der Waals surface area contributed by atoms with Gasteiger partial charge in [0.1, 0.15) is 0 Å². The van der Waals surface area contributed by atoms with Gasteiger partial charge in [0.25, 0.3) is 0 Å². The molecule has 0 bridgehead atoms. The second-order valence-corrected chi connectivity index (χ2v) is 6.35. The summed E-state index contributed by atoms with van der Waals surface area (Å²) in [6.07, 6.45) is 2.49. The standard InChI is InChI=1S/C15H32N2O/c1-7-12(4)17(8-2)11-15(16)10-13(18-9-3)14(15,5)6/h12-13H,7-11,16H2,1-6H3. The molecule has 3 heteroatoms. The normalized spacial score (nSPS) is 32.3. The minimum atomic E-state index is -0.105. The Hall–Kier alpha value is -0.120. The van der Waals surface area contributed by atoms with Crippen molar-refractivity contribution in [2.45, 2.75) is 72.1 Å². The lowest BCUT2D eigenvalue weighted by Crippen LogP contribution is -2.74. The summed E-state index contributed by atoms with van der Waals surface area (Å²) >= 11 is 0. The second kappa shape index (κ2) is 5.89. The predicted molar refractivity (Wildman–Crippen MR) is 77.7 cm³/mol. The molecule has 3 atom stereocenters. The number of hydrogen-bond donors (Lipinski definition) is 1. The van der Waals surface area contributed by atoms with E-state index >= 15 is 0 Å². The predicted octanol–water partition coefficient (Wildman–Crippen LogP) is 2.64. The molecule has 1 saturated carbocycles. The highest BCUT2D eigenvalue weighted by Crippen LogP contribution is 2.50. The number of hydrogen-bond acceptors (Lipinski definition) is 3. The number of ether oxygens (including phenoxy) is 1. The van der Waals surface area contributed by atoms with E-state index in [9.17, 15) is 0 Å². The van der Waals surface area contributed by atoms with Crippen molar-refractivity contribution in [1.29, 1.82) is 0 Å². The van der Waals surface area contributed by atoms with Gasteiger partial charge < -0.3 is 10.5 Å². The van der Waals surface area contributed by atoms with Gasteiger partial charge in [-0.1, -0.05) is 27.7 Å². The average Bonchev–Trinajstić information content (AvgIpc) is 2.34. The van der Waals surface area contributed by atoms with Crippen molar-refractivity contribution in [3.8, 4) is 0 Å². The molecule has 0 aromatic carbocycles. The fourth-order valence-electron chi connectivity index (χ4n) is 2.98. The molecule has 18 heavy (non-hydrogen) atoms. The van der Waals surface area contributed by atoms with Gasteiger partial charge >= 0.3 is 0 Å². The largest absolute Gasteiger partial charge is 0.378 e. The minimum Gasteiger partial charge on any atom is -0.378 e. The number of rotatable bonds is 7. The van der Waals surface area contributed by atoms with Crippen molar-refractivity contribution in [1.82, 2.24) is 4.90 Å². The summed E-state index contributed by atoms with van der Waals surface area (Å²) in [5.74, 6) is 0. The van der Waals surface area contributed by atoms with E-state index in [2.05, 4.69) is 46.4 Å². The zero-order chi connectivity index (χ0) is 14.0. The van der Waals surface area contributed by atoms with Crippen LogP contribution in [0.1, 0.15) is 54.4 Å². The van der Waals surface area contributed by atoms with Gasteiger partial charge in [-0.3, -0.25) is 4.90 Å². The molecule has 1 rings (SSSR count). The number of nitrogens with zero attached hydrogens (tertiary/aromatic N) is 1. The average molecular weight is 256 g/mol. The van der Waals surface area contributed by atoms with Crippen LogP contribution in [0, 0.1) is 5.41 Å². The van der Waals surface area contributed by atoms with Gasteiger partial charge in [-0.05, 0) is 33.2 Å². The van der Waals surface area contributed by atoms with Crippen LogP contribution in [0.4, 0.5) is 0 Å². The molecular weight excluding hydrogens is 224 g/mol. The third kappa shape index (κ3) is 2.73. The van der Waals surface area contributed by atoms with E-state index in [-0.39, 0.29) is 11.0 Å². The molecule has 1 aliphatic rings. The van der Waals surface area contributed by atoms with Crippen molar-refractivity contribution in [2.75, 3.05) is 19.7 Å². The summed E-state index contributed by atoms with van der Waals surface area (Å²) in [4.78, 5) is 2.50. The zero-order valence-corrected chi connectivity index (χ0v) is 13.1. The van der Waals surface area contributed by atoms with Gasteiger partial charge in [0, 0.05) is 30.1 Å². The Balaban J connectivity index is 2.66. The maximum absolute atomic E-state index is 6.65. The van der Waals surface area contributed by atoms with E-state index in [0.717, 1.165) is 26.1 Å². The smallest absolute Gasteiger partial charge is 0.0662 e. The Morgan fingerprint density at radius 3 is 2.33 bits per heavy atom. The van der Waals surface area contributed by atoms with Crippen LogP contribution in [0.2, 0.25) is 0 Å². The van der Waals surface area contributed by atoms with Crippen LogP contribution in [0.15, 0.2) is 0 Å². The molecule has 3 unspecified atom stereocenters. The van der Waals surface area contributed by atoms with Crippen molar-refractivity contribution in [2.24, 2.45) is 11.1 Å². The summed E-state index contributed by atoms with van der Waals surface area (Å²) < 4.78 is 5.79. The summed E-state index contributed by atoms with van der Waals surface area (Å²) in [6, 6.07) is 0.609. The minimum absolute atomic E-state index is 0.0733. The number of nitrogens with two attached hydrogens (primary N) is 1. The summed E-state index contributed by atoms with van der Waals surface area (Å²) in [6.45, 7) is 16.2. The molecular formula is C15H32N2O. The Bertz CT molecular complexity index is 267. The molecule has 3 nitrogen and oxygen atoms in total. The molecule has 1 fully saturated rings. The van der Waals surface area contributed by atoms with Crippen molar-refractivity contribution in [3.63, 3.8) is 0 Å². The van der Waals surface area contributed by atoms with Crippen LogP contribution >= 0.6 is 0 Å². The highest BCUT2D eigenvalue weighted by atomic mass is 16.5. The topological polar surface area (TPSA) is 38.5 Å². The van der Waals surface area contributed by atoms with Gasteiger partial charge in [0.15, 0.2) is 0 Å². The zero-order valence-electron chi connectivity index (χ0n) is 13.1. The van der Waals surface area contributed by atoms with E-state index in [1.54, 1.807) is 0 Å². The third-order valence-electron chi connectivity index (χ3n) is 5.11. The fourth-order valence-corrected chi connectivity index (χ4v) is 2.98. The van der Waals surface area contributed by atoms with Gasteiger partial charge in [-0.25, -0.2) is 0 Å². The maximum atomic E-state index is 6.65. The Kier molecular flexibility index (Phi) is 5.22. The van der Waals surface area contributed by atoms with Crippen LogP contribution in [0.3, 0.4) is 0 Å². The highest BCUT2D eigenvalue weighted by molar-refractivity contribution is 5.14. The summed E-state index contributed by atoms with van der Waals surface area (Å²) in [5, 5.41) is 0. The Labute approximate surface area is 113 Å². The summed E-state index contributed by atoms with van der Waals surface area (Å²) in [7, 11) is 0. The second-order valence-electron chi connectivity index (χ2n) is 6.35. The van der Waals surface area contributed by atoms with Crippen LogP contribution in [0.25, 0.3) is 0 Å². The Morgan fingerprint density at radius 2 is 1.94 bits per heavy atom. The molecule has 0 radical (unpaired) electrons. The first-order valence-electron chi connectivity index (χ1n) is 7.46. The lowest BCUT2D eigenvalue weighted by Gasteiger charge is -2.60. The first-order valence-corrected chi connectivity index (χ1v) is 7.46. The molecule has 0 aliphatic heterocycles. The van der Waals surface area contributed by atoms with Crippen LogP contribution in [-0.4, -0.2) is 42.3 Å². The molecule has 0 saturated heterocycles. The van der Waals surface area contributed by atoms with Gasteiger partial charge in [0.05, 0.1) is 6.10 Å². The first-order chi connectivity index (χ1) is 8.32. The lowest BCUT2D eigenvalue weighted by molar-refractivity contribution is -0.158. The molecule has 2 N–H and O–H groups in total. The van der Waals surface area contributed by atoms with E-state index in [4.69, 9.17) is 10.5 Å². The van der Waals surface area contributed by atoms with E-state index < -0.39 is 0 Å². The molecule has 108 valence electrons. The third-order valence-corrected chi connectivity index (χ3v) is 5.11. The van der Waals surface area contributed by atoms with Crippen molar-refractivity contribution >= 4 is 0 Å². The first kappa shape index (κ1) is 15.9. The highest BCUT2D eigenvalue weighted by Gasteiger charge is 2.58. The lowest BCUT2D eigenvalue weighted by atomic mass is 9.54. The van der Waals surface area contributed by atoms with Gasteiger partial charge in [0.2, 0.25) is 0 Å². The molecule has 0 aromatic rings. The van der Waals surface area contributed by atoms with Crippen molar-refractivity contribution < 1.29 is 4.74 Å². The molecule has 1 aliphatic carbocycles. The van der Waals surface area contributed by atoms with E-state index in [1.807, 2.05) is 0 Å². The van der Waals surface area contributed by atoms with Crippen LogP contribution < -0.4 is 5.73 Å². The Morgan fingerprint density at radius 1 is 1.33 bits per heavy atom. The maximum Gasteiger partial charge on any atom is 0.0662 e. The molecule has 0 amide bonds. The number of likely N-dealkylation sites (N-methyl/N-ethyl adjacent to an activating group) is 1. The fraction of sp³-hybridized carbons (Fsp3) is 1.00. The van der Waals surface area contributed by atoms with E-state index in [1.165, 1.54) is 6.42 Å². The monoisotopic (exact) mass is 256 g/mol. The molecule has 0 heterocycles. The van der Waals surface area contributed by atoms with E-state index in [0.29, 0.717) is 12.1 Å². The molecule has 0 spiro atoms. The van der Waals surface area contributed by atoms with Gasteiger partial charge in [-0.2, -0.15) is 0 Å². The SMILES string of the molecule is CCOC1CC(N)(CN(CC)C(C)CC)C1(C)C. The molecule has 0 aromatic heterocycles. The van der Waals surface area contributed by atoms with Gasteiger partial charge in [-0.15, -0.1) is 0 Å². The summed E-state index contributed by atoms with van der Waals surface area (Å²) in [5.41, 5.74) is 6.62. The van der Waals surface area contributed by atoms with Crippen molar-refractivity contribution in [3.05, 3.63) is 0 Å². The van der Waals surface area contributed by atoms with Crippen LogP contribution in [-0.2, 0) is 4.74 Å². The quantitative estimate of drug-likeness (QED) is 0.761. The van der Waals surface area contributed by atoms with Crippen LogP contribution in [0.5, 0.6) is 0 Å².